The van der Waals surface area contributed by atoms with E-state index in [9.17, 15) is 0 Å². The first-order valence-corrected chi connectivity index (χ1v) is 23.8. The van der Waals surface area contributed by atoms with Crippen LogP contribution < -0.4 is 9.80 Å². The topological polar surface area (TPSA) is 6.48 Å². The smallest absolute Gasteiger partial charge is 0.0727 e. The Balaban J connectivity index is 1.04. The third-order valence-corrected chi connectivity index (χ3v) is 14.2. The molecule has 69 heavy (non-hydrogen) atoms. The van der Waals surface area contributed by atoms with E-state index in [1.165, 1.54) is 77.9 Å². The van der Waals surface area contributed by atoms with Crippen LogP contribution in [0.15, 0.2) is 279 Å². The summed E-state index contributed by atoms with van der Waals surface area (Å²) < 4.78 is 0. The lowest BCUT2D eigenvalue weighted by Gasteiger charge is -2.33. The summed E-state index contributed by atoms with van der Waals surface area (Å²) in [5, 5.41) is 0. The molecule has 1 atom stereocenters. The Morgan fingerprint density at radius 3 is 1.23 bits per heavy atom. The van der Waals surface area contributed by atoms with E-state index in [4.69, 9.17) is 0 Å². The van der Waals surface area contributed by atoms with Gasteiger partial charge in [0, 0.05) is 34.0 Å². The second-order valence-corrected chi connectivity index (χ2v) is 18.0. The first kappa shape index (κ1) is 40.3. The maximum absolute atomic E-state index is 2.49. The van der Waals surface area contributed by atoms with Gasteiger partial charge in [-0.3, -0.25) is 0 Å². The summed E-state index contributed by atoms with van der Waals surface area (Å²) in [6.07, 6.45) is 0. The van der Waals surface area contributed by atoms with Crippen LogP contribution in [0.2, 0.25) is 0 Å². The van der Waals surface area contributed by atoms with Crippen molar-refractivity contribution in [3.63, 3.8) is 0 Å². The van der Waals surface area contributed by atoms with Gasteiger partial charge in [-0.15, -0.1) is 0 Å². The normalized spacial score (nSPS) is 13.9. The van der Waals surface area contributed by atoms with Gasteiger partial charge >= 0.3 is 0 Å². The Hall–Kier alpha value is -8.98. The standard InChI is InChI=1S/C67H46N2/c1-5-20-47(21-6-1)50-38-40-54(41-39-50)69(56-31-18-27-52(45-56)49-24-9-3-10-25-49)65-37-19-36-63-66(65)60-33-14-16-35-62(60)67(63)61-34-15-13-32-58(61)59-43-42-57(46-64(59)67)68(53-28-11-4-12-29-53)55-30-17-26-51(44-55)48-22-7-2-8-23-48/h1-46H. The highest BCUT2D eigenvalue weighted by atomic mass is 15.2. The van der Waals surface area contributed by atoms with Crippen LogP contribution in [0.1, 0.15) is 22.3 Å². The zero-order chi connectivity index (χ0) is 45.7. The molecule has 0 N–H and O–H groups in total. The van der Waals surface area contributed by atoms with E-state index in [0.717, 1.165) is 34.1 Å². The Kier molecular flexibility index (Phi) is 9.77. The van der Waals surface area contributed by atoms with Crippen LogP contribution >= 0.6 is 0 Å². The first-order chi connectivity index (χ1) is 34.2. The summed E-state index contributed by atoms with van der Waals surface area (Å²) in [6.45, 7) is 0. The zero-order valence-corrected chi connectivity index (χ0v) is 38.0. The minimum atomic E-state index is -0.590. The second kappa shape index (κ2) is 16.7. The van der Waals surface area contributed by atoms with Gasteiger partial charge in [-0.2, -0.15) is 0 Å². The quantitative estimate of drug-likeness (QED) is 0.143. The van der Waals surface area contributed by atoms with Crippen molar-refractivity contribution in [2.45, 2.75) is 5.41 Å². The molecule has 11 aromatic rings. The van der Waals surface area contributed by atoms with Gasteiger partial charge in [0.25, 0.3) is 0 Å². The Bertz CT molecular complexity index is 3660. The molecule has 0 radical (unpaired) electrons. The van der Waals surface area contributed by atoms with Gasteiger partial charge in [0.15, 0.2) is 0 Å². The summed E-state index contributed by atoms with van der Waals surface area (Å²) in [5.74, 6) is 0. The fourth-order valence-corrected chi connectivity index (χ4v) is 11.3. The summed E-state index contributed by atoms with van der Waals surface area (Å²) >= 11 is 0. The average molecular weight is 879 g/mol. The fourth-order valence-electron chi connectivity index (χ4n) is 11.3. The van der Waals surface area contributed by atoms with Crippen LogP contribution in [-0.2, 0) is 5.41 Å². The molecule has 0 heterocycles. The number of rotatable bonds is 9. The van der Waals surface area contributed by atoms with Crippen LogP contribution in [0, 0.1) is 0 Å². The Morgan fingerprint density at radius 2 is 0.609 bits per heavy atom. The van der Waals surface area contributed by atoms with Crippen LogP contribution in [0.5, 0.6) is 0 Å². The molecule has 1 unspecified atom stereocenters. The molecule has 2 aliphatic rings. The lowest BCUT2D eigenvalue weighted by atomic mass is 9.70. The predicted molar refractivity (Wildman–Crippen MR) is 288 cm³/mol. The van der Waals surface area contributed by atoms with E-state index in [1.54, 1.807) is 0 Å². The molecule has 0 saturated carbocycles. The highest BCUT2D eigenvalue weighted by Crippen LogP contribution is 2.65. The van der Waals surface area contributed by atoms with Gasteiger partial charge in [0.2, 0.25) is 0 Å². The van der Waals surface area contributed by atoms with Crippen LogP contribution in [0.25, 0.3) is 55.6 Å². The Morgan fingerprint density at radius 1 is 0.217 bits per heavy atom. The first-order valence-electron chi connectivity index (χ1n) is 23.8. The fraction of sp³-hybridized carbons (Fsp3) is 0.0149. The second-order valence-electron chi connectivity index (χ2n) is 18.0. The third kappa shape index (κ3) is 6.64. The molecule has 324 valence electrons. The van der Waals surface area contributed by atoms with E-state index in [2.05, 4.69) is 289 Å². The van der Waals surface area contributed by atoms with Crippen molar-refractivity contribution in [3.05, 3.63) is 301 Å². The van der Waals surface area contributed by atoms with E-state index in [0.29, 0.717) is 0 Å². The molecule has 2 aliphatic carbocycles. The van der Waals surface area contributed by atoms with Crippen LogP contribution in [0.3, 0.4) is 0 Å². The van der Waals surface area contributed by atoms with Crippen molar-refractivity contribution >= 4 is 34.1 Å². The van der Waals surface area contributed by atoms with Gasteiger partial charge in [-0.25, -0.2) is 0 Å². The van der Waals surface area contributed by atoms with Crippen molar-refractivity contribution in [2.75, 3.05) is 9.80 Å². The van der Waals surface area contributed by atoms with Crippen molar-refractivity contribution in [1.82, 2.24) is 0 Å². The van der Waals surface area contributed by atoms with Gasteiger partial charge < -0.3 is 9.80 Å². The SMILES string of the molecule is c1ccc(-c2ccc(N(c3cccc(-c4ccccc4)c3)c3cccc4c3-c3ccccc3C43c4ccccc4-c4ccc(N(c5ccccc5)c5cccc(-c6ccccc6)c5)cc43)cc2)cc1. The molecule has 2 heteroatoms. The molecule has 1 spiro atoms. The predicted octanol–water partition coefficient (Wildman–Crippen LogP) is 18.0. The maximum Gasteiger partial charge on any atom is 0.0727 e. The molecule has 0 aliphatic heterocycles. The maximum atomic E-state index is 2.49. The lowest BCUT2D eigenvalue weighted by Crippen LogP contribution is -2.26. The van der Waals surface area contributed by atoms with Crippen molar-refractivity contribution in [3.8, 4) is 55.6 Å². The van der Waals surface area contributed by atoms with Crippen LogP contribution in [-0.4, -0.2) is 0 Å². The lowest BCUT2D eigenvalue weighted by molar-refractivity contribution is 0.793. The molecular formula is C67H46N2. The number of benzene rings is 11. The molecule has 2 nitrogen and oxygen atoms in total. The molecule has 0 aromatic heterocycles. The number of hydrogen-bond donors (Lipinski definition) is 0. The number of anilines is 6. The molecule has 13 rings (SSSR count). The monoisotopic (exact) mass is 878 g/mol. The number of hydrogen-bond acceptors (Lipinski definition) is 2. The number of para-hydroxylation sites is 1. The van der Waals surface area contributed by atoms with Gasteiger partial charge in [0.05, 0.1) is 11.1 Å². The zero-order valence-electron chi connectivity index (χ0n) is 38.0. The van der Waals surface area contributed by atoms with E-state index in [1.807, 2.05) is 0 Å². The summed E-state index contributed by atoms with van der Waals surface area (Å²) in [6, 6.07) is 102. The largest absolute Gasteiger partial charge is 0.310 e. The average Bonchev–Trinajstić information content (AvgIpc) is 3.90. The van der Waals surface area contributed by atoms with E-state index < -0.39 is 5.41 Å². The van der Waals surface area contributed by atoms with E-state index >= 15 is 0 Å². The number of nitrogens with zero attached hydrogens (tertiary/aromatic N) is 2. The molecule has 0 saturated heterocycles. The highest BCUT2D eigenvalue weighted by molar-refractivity contribution is 6.02. The van der Waals surface area contributed by atoms with Crippen molar-refractivity contribution in [2.24, 2.45) is 0 Å². The summed E-state index contributed by atoms with van der Waals surface area (Å²) in [5.41, 5.74) is 23.4. The third-order valence-electron chi connectivity index (χ3n) is 14.2. The molecule has 11 aromatic carbocycles. The minimum absolute atomic E-state index is 0.590. The molecule has 0 bridgehead atoms. The van der Waals surface area contributed by atoms with Crippen LogP contribution in [0.4, 0.5) is 34.1 Å². The molecule has 0 amide bonds. The molecule has 0 fully saturated rings. The molecular weight excluding hydrogens is 833 g/mol. The van der Waals surface area contributed by atoms with Crippen molar-refractivity contribution in [1.29, 1.82) is 0 Å². The number of fused-ring (bicyclic) bond motifs is 10. The summed E-state index contributed by atoms with van der Waals surface area (Å²) in [7, 11) is 0. The summed E-state index contributed by atoms with van der Waals surface area (Å²) in [4.78, 5) is 4.90. The van der Waals surface area contributed by atoms with E-state index in [-0.39, 0.29) is 0 Å². The minimum Gasteiger partial charge on any atom is -0.310 e. The van der Waals surface area contributed by atoms with Gasteiger partial charge in [-0.1, -0.05) is 212 Å². The Labute approximate surface area is 404 Å². The van der Waals surface area contributed by atoms with Gasteiger partial charge in [-0.05, 0) is 139 Å². The highest BCUT2D eigenvalue weighted by Gasteiger charge is 2.52. The van der Waals surface area contributed by atoms with Crippen molar-refractivity contribution < 1.29 is 0 Å². The van der Waals surface area contributed by atoms with Gasteiger partial charge in [0.1, 0.15) is 0 Å².